The van der Waals surface area contributed by atoms with Crippen LogP contribution in [0.5, 0.6) is 0 Å². The van der Waals surface area contributed by atoms with E-state index in [2.05, 4.69) is 4.90 Å². The molecule has 3 heterocycles. The molecule has 0 spiro atoms. The normalized spacial score (nSPS) is 16.5. The molecule has 0 saturated carbocycles. The minimum atomic E-state index is -0.432. The SMILES string of the molecule is CCOC(=O)c1c(-c2ccccc2)cc(N2CCOCC2)nc1SCC(=O)N1CCOCC1. The molecule has 8 nitrogen and oxygen atoms in total. The number of carbonyl (C=O) groups is 2. The Morgan fingerprint density at radius 2 is 1.70 bits per heavy atom. The third kappa shape index (κ3) is 5.85. The van der Waals surface area contributed by atoms with E-state index < -0.39 is 5.97 Å². The zero-order valence-corrected chi connectivity index (χ0v) is 19.6. The maximum atomic E-state index is 13.1. The van der Waals surface area contributed by atoms with Crippen LogP contribution in [0.25, 0.3) is 11.1 Å². The number of nitrogens with zero attached hydrogens (tertiary/aromatic N) is 3. The molecule has 176 valence electrons. The largest absolute Gasteiger partial charge is 0.462 e. The Morgan fingerprint density at radius 3 is 2.36 bits per heavy atom. The van der Waals surface area contributed by atoms with Gasteiger partial charge in [-0.05, 0) is 18.6 Å². The summed E-state index contributed by atoms with van der Waals surface area (Å²) in [5.41, 5.74) is 2.06. The first-order chi connectivity index (χ1) is 16.2. The van der Waals surface area contributed by atoms with Gasteiger partial charge in [0.1, 0.15) is 10.8 Å². The van der Waals surface area contributed by atoms with Crippen LogP contribution in [-0.4, -0.2) is 86.7 Å². The highest BCUT2D eigenvalue weighted by Crippen LogP contribution is 2.35. The van der Waals surface area contributed by atoms with Gasteiger partial charge in [-0.3, -0.25) is 4.79 Å². The van der Waals surface area contributed by atoms with E-state index in [1.165, 1.54) is 11.8 Å². The molecule has 2 fully saturated rings. The number of amides is 1. The summed E-state index contributed by atoms with van der Waals surface area (Å²) in [6, 6.07) is 11.7. The Kier molecular flexibility index (Phi) is 8.20. The van der Waals surface area contributed by atoms with E-state index in [0.29, 0.717) is 50.1 Å². The third-order valence-electron chi connectivity index (χ3n) is 5.57. The topological polar surface area (TPSA) is 81.2 Å². The second-order valence-corrected chi connectivity index (χ2v) is 8.64. The molecule has 2 saturated heterocycles. The first kappa shape index (κ1) is 23.5. The molecular weight excluding hydrogens is 442 g/mol. The fraction of sp³-hybridized carbons (Fsp3) is 0.458. The van der Waals surface area contributed by atoms with Gasteiger partial charge in [-0.1, -0.05) is 42.1 Å². The summed E-state index contributed by atoms with van der Waals surface area (Å²) >= 11 is 1.29. The molecule has 2 aliphatic rings. The predicted molar refractivity (Wildman–Crippen MR) is 127 cm³/mol. The zero-order chi connectivity index (χ0) is 23.0. The molecule has 0 N–H and O–H groups in total. The van der Waals surface area contributed by atoms with Gasteiger partial charge in [-0.2, -0.15) is 0 Å². The number of thioether (sulfide) groups is 1. The van der Waals surface area contributed by atoms with E-state index in [1.807, 2.05) is 36.4 Å². The molecule has 0 atom stereocenters. The van der Waals surface area contributed by atoms with E-state index in [9.17, 15) is 9.59 Å². The lowest BCUT2D eigenvalue weighted by Gasteiger charge is -2.29. The van der Waals surface area contributed by atoms with Crippen LogP contribution in [0.2, 0.25) is 0 Å². The minimum Gasteiger partial charge on any atom is -0.462 e. The number of ether oxygens (including phenoxy) is 3. The van der Waals surface area contributed by atoms with Crippen LogP contribution < -0.4 is 4.90 Å². The van der Waals surface area contributed by atoms with Gasteiger partial charge in [0, 0.05) is 31.7 Å². The van der Waals surface area contributed by atoms with Crippen LogP contribution in [-0.2, 0) is 19.0 Å². The molecule has 2 aliphatic heterocycles. The second kappa shape index (κ2) is 11.5. The lowest BCUT2D eigenvalue weighted by atomic mass is 10.0. The molecule has 0 unspecified atom stereocenters. The summed E-state index contributed by atoms with van der Waals surface area (Å²) in [7, 11) is 0. The Bertz CT molecular complexity index is 960. The fourth-order valence-corrected chi connectivity index (χ4v) is 4.79. The fourth-order valence-electron chi connectivity index (χ4n) is 3.85. The monoisotopic (exact) mass is 471 g/mol. The van der Waals surface area contributed by atoms with Gasteiger partial charge in [-0.25, -0.2) is 9.78 Å². The Morgan fingerprint density at radius 1 is 1.03 bits per heavy atom. The highest BCUT2D eigenvalue weighted by molar-refractivity contribution is 8.00. The minimum absolute atomic E-state index is 0.0120. The smallest absolute Gasteiger partial charge is 0.341 e. The predicted octanol–water partition coefficient (Wildman–Crippen LogP) is 2.71. The first-order valence-electron chi connectivity index (χ1n) is 11.3. The van der Waals surface area contributed by atoms with Crippen LogP contribution in [0, 0.1) is 0 Å². The van der Waals surface area contributed by atoms with Gasteiger partial charge in [0.15, 0.2) is 0 Å². The van der Waals surface area contributed by atoms with Crippen molar-refractivity contribution < 1.29 is 23.8 Å². The van der Waals surface area contributed by atoms with Crippen LogP contribution >= 0.6 is 11.8 Å². The number of carbonyl (C=O) groups excluding carboxylic acids is 2. The number of hydrogen-bond acceptors (Lipinski definition) is 8. The standard InChI is InChI=1S/C24H29N3O5S/c1-2-32-24(29)22-19(18-6-4-3-5-7-18)16-20(26-8-12-30-13-9-26)25-23(22)33-17-21(28)27-10-14-31-15-11-27/h3-7,16H,2,8-15,17H2,1H3. The number of benzene rings is 1. The number of hydrogen-bond donors (Lipinski definition) is 0. The summed E-state index contributed by atoms with van der Waals surface area (Å²) in [5, 5.41) is 0.512. The summed E-state index contributed by atoms with van der Waals surface area (Å²) < 4.78 is 16.2. The average Bonchev–Trinajstić information content (AvgIpc) is 2.88. The number of anilines is 1. The molecule has 1 aromatic carbocycles. The van der Waals surface area contributed by atoms with Crippen LogP contribution in [0.15, 0.2) is 41.4 Å². The van der Waals surface area contributed by atoms with Crippen molar-refractivity contribution in [1.82, 2.24) is 9.88 Å². The van der Waals surface area contributed by atoms with Crippen LogP contribution in [0.3, 0.4) is 0 Å². The average molecular weight is 472 g/mol. The lowest BCUT2D eigenvalue weighted by molar-refractivity contribution is -0.132. The molecule has 0 bridgehead atoms. The van der Waals surface area contributed by atoms with Crippen molar-refractivity contribution in [3.63, 3.8) is 0 Å². The van der Waals surface area contributed by atoms with Crippen molar-refractivity contribution in [1.29, 1.82) is 0 Å². The Labute approximate surface area is 198 Å². The maximum absolute atomic E-state index is 13.1. The third-order valence-corrected chi connectivity index (χ3v) is 6.53. The van der Waals surface area contributed by atoms with Crippen molar-refractivity contribution in [3.8, 4) is 11.1 Å². The molecule has 0 radical (unpaired) electrons. The first-order valence-corrected chi connectivity index (χ1v) is 12.2. The van der Waals surface area contributed by atoms with Gasteiger partial charge in [0.2, 0.25) is 5.91 Å². The summed E-state index contributed by atoms with van der Waals surface area (Å²) in [4.78, 5) is 34.7. The van der Waals surface area contributed by atoms with Crippen LogP contribution in [0.1, 0.15) is 17.3 Å². The van der Waals surface area contributed by atoms with Crippen molar-refractivity contribution in [2.24, 2.45) is 0 Å². The summed E-state index contributed by atoms with van der Waals surface area (Å²) in [6.45, 7) is 7.00. The van der Waals surface area contributed by atoms with Crippen molar-refractivity contribution in [3.05, 3.63) is 42.0 Å². The molecule has 4 rings (SSSR count). The molecule has 33 heavy (non-hydrogen) atoms. The number of esters is 1. The van der Waals surface area contributed by atoms with Gasteiger partial charge >= 0.3 is 5.97 Å². The molecular formula is C24H29N3O5S. The van der Waals surface area contributed by atoms with Crippen LogP contribution in [0.4, 0.5) is 5.82 Å². The van der Waals surface area contributed by atoms with E-state index >= 15 is 0 Å². The molecule has 2 aromatic rings. The Balaban J connectivity index is 1.72. The van der Waals surface area contributed by atoms with E-state index in [1.54, 1.807) is 11.8 Å². The molecule has 9 heteroatoms. The molecule has 1 amide bonds. The zero-order valence-electron chi connectivity index (χ0n) is 18.8. The lowest BCUT2D eigenvalue weighted by Crippen LogP contribution is -2.41. The highest BCUT2D eigenvalue weighted by atomic mass is 32.2. The van der Waals surface area contributed by atoms with Crippen molar-refractivity contribution >= 4 is 29.5 Å². The number of rotatable bonds is 7. The van der Waals surface area contributed by atoms with Gasteiger partial charge < -0.3 is 24.0 Å². The quantitative estimate of drug-likeness (QED) is 0.451. The van der Waals surface area contributed by atoms with Crippen molar-refractivity contribution in [2.75, 3.05) is 69.9 Å². The summed E-state index contributed by atoms with van der Waals surface area (Å²) in [6.07, 6.45) is 0. The number of pyridine rings is 1. The highest BCUT2D eigenvalue weighted by Gasteiger charge is 2.26. The van der Waals surface area contributed by atoms with E-state index in [0.717, 1.165) is 30.0 Å². The number of aromatic nitrogens is 1. The maximum Gasteiger partial charge on any atom is 0.341 e. The molecule has 0 aliphatic carbocycles. The van der Waals surface area contributed by atoms with E-state index in [4.69, 9.17) is 19.2 Å². The Hall–Kier alpha value is -2.62. The second-order valence-electron chi connectivity index (χ2n) is 7.68. The number of morpholine rings is 2. The van der Waals surface area contributed by atoms with Crippen molar-refractivity contribution in [2.45, 2.75) is 11.9 Å². The summed E-state index contributed by atoms with van der Waals surface area (Å²) in [5.74, 6) is 0.545. The van der Waals surface area contributed by atoms with Gasteiger partial charge in [-0.15, -0.1) is 0 Å². The van der Waals surface area contributed by atoms with E-state index in [-0.39, 0.29) is 18.3 Å². The van der Waals surface area contributed by atoms with Gasteiger partial charge in [0.25, 0.3) is 0 Å². The van der Waals surface area contributed by atoms with Gasteiger partial charge in [0.05, 0.1) is 44.4 Å². The molecule has 1 aromatic heterocycles.